The zero-order chi connectivity index (χ0) is 24.8. The first-order chi connectivity index (χ1) is 16.8. The van der Waals surface area contributed by atoms with Crippen molar-refractivity contribution in [1.82, 2.24) is 4.98 Å². The number of pyridine rings is 1. The van der Waals surface area contributed by atoms with Crippen LogP contribution in [0.3, 0.4) is 0 Å². The number of hydrogen-bond donors (Lipinski definition) is 1. The minimum absolute atomic E-state index is 0.0710. The molecule has 1 fully saturated rings. The molecule has 1 atom stereocenters. The predicted octanol–water partition coefficient (Wildman–Crippen LogP) is 4.47. The Morgan fingerprint density at radius 1 is 1.00 bits per heavy atom. The van der Waals surface area contributed by atoms with Gasteiger partial charge in [-0.25, -0.2) is 9.78 Å². The molecule has 0 radical (unpaired) electrons. The van der Waals surface area contributed by atoms with E-state index >= 15 is 0 Å². The maximum Gasteiger partial charge on any atom is 0.416 e. The number of carbonyl (C=O) groups is 2. The zero-order valence-electron chi connectivity index (χ0n) is 18.5. The van der Waals surface area contributed by atoms with Gasteiger partial charge in [0.05, 0.1) is 24.3 Å². The van der Waals surface area contributed by atoms with E-state index in [1.54, 1.807) is 42.5 Å². The van der Waals surface area contributed by atoms with Crippen molar-refractivity contribution in [3.05, 3.63) is 89.6 Å². The molecule has 2 aromatic carbocycles. The second-order valence-electron chi connectivity index (χ2n) is 7.77. The molecule has 1 aromatic heterocycles. The molecule has 3 aromatic rings. The molecule has 1 aliphatic rings. The minimum Gasteiger partial charge on any atom is -0.444 e. The summed E-state index contributed by atoms with van der Waals surface area (Å²) < 4.78 is 49.9. The molecule has 4 rings (SSSR count). The zero-order valence-corrected chi connectivity index (χ0v) is 18.5. The van der Waals surface area contributed by atoms with Gasteiger partial charge in [-0.1, -0.05) is 36.4 Å². The number of rotatable bonds is 6. The fraction of sp³-hybridized carbons (Fsp3) is 0.240. The minimum atomic E-state index is -4.56. The molecule has 1 N–H and O–H groups in total. The number of nitrogens with zero attached hydrogens (tertiary/aromatic N) is 2. The van der Waals surface area contributed by atoms with Gasteiger partial charge in [-0.05, 0) is 30.3 Å². The number of aromatic nitrogens is 1. The van der Waals surface area contributed by atoms with E-state index in [2.05, 4.69) is 10.3 Å². The number of nitrogens with one attached hydrogen (secondary N) is 1. The number of carbonyl (C=O) groups excluding carboxylic acids is 2. The molecule has 35 heavy (non-hydrogen) atoms. The molecule has 182 valence electrons. The first-order valence-electron chi connectivity index (χ1n) is 10.8. The van der Waals surface area contributed by atoms with Gasteiger partial charge in [0.15, 0.2) is 0 Å². The van der Waals surface area contributed by atoms with Gasteiger partial charge in [0.2, 0.25) is 6.10 Å². The molecular formula is C25H22F3N3O4. The van der Waals surface area contributed by atoms with Gasteiger partial charge < -0.3 is 19.7 Å². The van der Waals surface area contributed by atoms with E-state index in [1.165, 1.54) is 18.3 Å². The molecule has 10 heteroatoms. The molecule has 7 nitrogen and oxygen atoms in total. The van der Waals surface area contributed by atoms with Gasteiger partial charge in [0.25, 0.3) is 5.91 Å². The first kappa shape index (κ1) is 24.2. The number of benzene rings is 2. The summed E-state index contributed by atoms with van der Waals surface area (Å²) in [4.78, 5) is 32.2. The summed E-state index contributed by atoms with van der Waals surface area (Å²) >= 11 is 0. The van der Waals surface area contributed by atoms with Crippen LogP contribution < -0.4 is 10.2 Å². The monoisotopic (exact) mass is 485 g/mol. The summed E-state index contributed by atoms with van der Waals surface area (Å²) in [7, 11) is 0. The molecule has 0 saturated carbocycles. The van der Waals surface area contributed by atoms with Gasteiger partial charge in [-0.3, -0.25) is 4.79 Å². The second-order valence-corrected chi connectivity index (χ2v) is 7.77. The van der Waals surface area contributed by atoms with Crippen LogP contribution in [-0.4, -0.2) is 43.2 Å². The maximum atomic E-state index is 13.0. The molecule has 2 heterocycles. The molecule has 1 aliphatic heterocycles. The van der Waals surface area contributed by atoms with E-state index in [1.807, 2.05) is 4.90 Å². The quantitative estimate of drug-likeness (QED) is 0.519. The molecular weight excluding hydrogens is 463 g/mol. The Hall–Kier alpha value is -3.92. The number of morpholine rings is 1. The Morgan fingerprint density at radius 3 is 2.40 bits per heavy atom. The summed E-state index contributed by atoms with van der Waals surface area (Å²) in [6.45, 7) is 2.54. The maximum absolute atomic E-state index is 13.0. The highest BCUT2D eigenvalue weighted by molar-refractivity contribution is 5.98. The van der Waals surface area contributed by atoms with Crippen LogP contribution in [0.1, 0.15) is 27.6 Å². The van der Waals surface area contributed by atoms with Crippen LogP contribution in [0.15, 0.2) is 72.9 Å². The summed E-state index contributed by atoms with van der Waals surface area (Å²) in [6.07, 6.45) is -4.59. The number of alkyl halides is 3. The Kier molecular flexibility index (Phi) is 7.31. The topological polar surface area (TPSA) is 80.8 Å². The Balaban J connectivity index is 1.51. The average molecular weight is 485 g/mol. The number of hydrogen-bond acceptors (Lipinski definition) is 6. The highest BCUT2D eigenvalue weighted by atomic mass is 19.4. The van der Waals surface area contributed by atoms with Crippen molar-refractivity contribution < 1.29 is 32.2 Å². The van der Waals surface area contributed by atoms with Crippen LogP contribution in [0, 0.1) is 0 Å². The molecule has 0 spiro atoms. The van der Waals surface area contributed by atoms with Crippen LogP contribution in [0.25, 0.3) is 0 Å². The SMILES string of the molecule is O=C(OC(C(=O)Nc1cccc(C(F)(F)F)c1)c1ccccc1)c1ccc(N2CCOCC2)nc1. The van der Waals surface area contributed by atoms with Crippen molar-refractivity contribution in [2.24, 2.45) is 0 Å². The summed E-state index contributed by atoms with van der Waals surface area (Å²) in [6, 6.07) is 15.7. The summed E-state index contributed by atoms with van der Waals surface area (Å²) in [5.41, 5.74) is -0.480. The molecule has 1 amide bonds. The van der Waals surface area contributed by atoms with Gasteiger partial charge in [-0.2, -0.15) is 13.2 Å². The van der Waals surface area contributed by atoms with E-state index < -0.39 is 29.7 Å². The van der Waals surface area contributed by atoms with Gasteiger partial charge in [0.1, 0.15) is 5.82 Å². The van der Waals surface area contributed by atoms with Crippen LogP contribution in [0.4, 0.5) is 24.7 Å². The lowest BCUT2D eigenvalue weighted by atomic mass is 10.1. The number of esters is 1. The van der Waals surface area contributed by atoms with Crippen LogP contribution in [-0.2, 0) is 20.4 Å². The molecule has 1 saturated heterocycles. The van der Waals surface area contributed by atoms with Gasteiger partial charge in [-0.15, -0.1) is 0 Å². The normalized spacial score (nSPS) is 14.8. The number of anilines is 2. The number of ether oxygens (including phenoxy) is 2. The third-order valence-electron chi connectivity index (χ3n) is 5.34. The predicted molar refractivity (Wildman–Crippen MR) is 122 cm³/mol. The van der Waals surface area contributed by atoms with E-state index in [-0.39, 0.29) is 11.3 Å². The van der Waals surface area contributed by atoms with Crippen LogP contribution in [0.2, 0.25) is 0 Å². The van der Waals surface area contributed by atoms with Crippen molar-refractivity contribution in [1.29, 1.82) is 0 Å². The molecule has 1 unspecified atom stereocenters. The third-order valence-corrected chi connectivity index (χ3v) is 5.34. The fourth-order valence-electron chi connectivity index (χ4n) is 3.54. The highest BCUT2D eigenvalue weighted by Gasteiger charge is 2.31. The smallest absolute Gasteiger partial charge is 0.416 e. The van der Waals surface area contributed by atoms with Crippen molar-refractivity contribution in [3.8, 4) is 0 Å². The average Bonchev–Trinajstić information content (AvgIpc) is 2.88. The number of halogens is 3. The van der Waals surface area contributed by atoms with E-state index in [0.717, 1.165) is 12.1 Å². The molecule has 0 aliphatic carbocycles. The Morgan fingerprint density at radius 2 is 1.74 bits per heavy atom. The van der Waals surface area contributed by atoms with E-state index in [4.69, 9.17) is 9.47 Å². The lowest BCUT2D eigenvalue weighted by molar-refractivity contribution is -0.137. The van der Waals surface area contributed by atoms with Crippen molar-refractivity contribution in [3.63, 3.8) is 0 Å². The highest BCUT2D eigenvalue weighted by Crippen LogP contribution is 2.31. The summed E-state index contributed by atoms with van der Waals surface area (Å²) in [5, 5.41) is 2.41. The van der Waals surface area contributed by atoms with Crippen LogP contribution in [0.5, 0.6) is 0 Å². The Labute approximate surface area is 199 Å². The fourth-order valence-corrected chi connectivity index (χ4v) is 3.54. The lowest BCUT2D eigenvalue weighted by Gasteiger charge is -2.27. The van der Waals surface area contributed by atoms with Gasteiger partial charge in [0, 0.05) is 30.5 Å². The number of amides is 1. The molecule has 0 bridgehead atoms. The van der Waals surface area contributed by atoms with Crippen molar-refractivity contribution in [2.45, 2.75) is 12.3 Å². The first-order valence-corrected chi connectivity index (χ1v) is 10.8. The van der Waals surface area contributed by atoms with Crippen LogP contribution >= 0.6 is 0 Å². The summed E-state index contributed by atoms with van der Waals surface area (Å²) in [5.74, 6) is -0.896. The standard InChI is InChI=1S/C25H22F3N3O4/c26-25(27,28)19-7-4-8-20(15-19)30-23(32)22(17-5-2-1-3-6-17)35-24(33)18-9-10-21(29-16-18)31-11-13-34-14-12-31/h1-10,15-16,22H,11-14H2,(H,30,32). The van der Waals surface area contributed by atoms with Crippen molar-refractivity contribution in [2.75, 3.05) is 36.5 Å². The van der Waals surface area contributed by atoms with E-state index in [9.17, 15) is 22.8 Å². The Bertz CT molecular complexity index is 1160. The van der Waals surface area contributed by atoms with Crippen molar-refractivity contribution >= 4 is 23.4 Å². The van der Waals surface area contributed by atoms with E-state index in [0.29, 0.717) is 37.7 Å². The largest absolute Gasteiger partial charge is 0.444 e. The third kappa shape index (κ3) is 6.15. The van der Waals surface area contributed by atoms with Gasteiger partial charge >= 0.3 is 12.1 Å². The second kappa shape index (κ2) is 10.6. The lowest BCUT2D eigenvalue weighted by Crippen LogP contribution is -2.36.